The number of rotatable bonds is 5. The first kappa shape index (κ1) is 16.3. The van der Waals surface area contributed by atoms with E-state index >= 15 is 0 Å². The van der Waals surface area contributed by atoms with Crippen LogP contribution in [0.2, 0.25) is 5.02 Å². The van der Waals surface area contributed by atoms with Crippen LogP contribution in [0.5, 0.6) is 10.8 Å². The van der Waals surface area contributed by atoms with Gasteiger partial charge in [0.2, 0.25) is 0 Å². The molecule has 0 spiro atoms. The molecule has 1 amide bonds. The molecular weight excluding hydrogens is 346 g/mol. The van der Waals surface area contributed by atoms with Gasteiger partial charge in [0.05, 0.1) is 11.6 Å². The minimum absolute atomic E-state index is 0.110. The maximum absolute atomic E-state index is 12.2. The van der Waals surface area contributed by atoms with Crippen LogP contribution in [0.1, 0.15) is 15.2 Å². The average Bonchev–Trinajstić information content (AvgIpc) is 3.01. The molecule has 2 aromatic heterocycles. The lowest BCUT2D eigenvalue weighted by Crippen LogP contribution is -2.24. The standard InChI is InChI=1S/C17H14ClN3O2S/c18-13-8-9-20-16(19)15(13)17(22)21-10-12-6-7-14(24-12)23-11-4-2-1-3-5-11/h1-9H,10H2,(H2,19,20)(H,21,22). The fraction of sp³-hybridized carbons (Fsp3) is 0.0588. The lowest BCUT2D eigenvalue weighted by molar-refractivity contribution is 0.0952. The Bertz CT molecular complexity index is 832. The van der Waals surface area contributed by atoms with E-state index < -0.39 is 0 Å². The maximum atomic E-state index is 12.2. The molecule has 0 saturated carbocycles. The van der Waals surface area contributed by atoms with E-state index in [-0.39, 0.29) is 22.3 Å². The summed E-state index contributed by atoms with van der Waals surface area (Å²) in [5.74, 6) is 0.522. The second-order valence-electron chi connectivity index (χ2n) is 4.87. The van der Waals surface area contributed by atoms with Crippen LogP contribution in [0.25, 0.3) is 0 Å². The number of pyridine rings is 1. The fourth-order valence-electron chi connectivity index (χ4n) is 2.05. The lowest BCUT2D eigenvalue weighted by atomic mass is 10.2. The first-order valence-electron chi connectivity index (χ1n) is 7.13. The van der Waals surface area contributed by atoms with Crippen molar-refractivity contribution in [2.24, 2.45) is 0 Å². The van der Waals surface area contributed by atoms with E-state index in [1.807, 2.05) is 42.5 Å². The number of nitrogen functional groups attached to an aromatic ring is 1. The van der Waals surface area contributed by atoms with E-state index in [1.165, 1.54) is 23.6 Å². The SMILES string of the molecule is Nc1nccc(Cl)c1C(=O)NCc1ccc(Oc2ccccc2)s1. The third kappa shape index (κ3) is 3.84. The molecule has 1 aromatic carbocycles. The minimum atomic E-state index is -0.357. The number of nitrogens with zero attached hydrogens (tertiary/aromatic N) is 1. The van der Waals surface area contributed by atoms with Crippen LogP contribution >= 0.6 is 22.9 Å². The Balaban J connectivity index is 1.62. The highest BCUT2D eigenvalue weighted by Gasteiger charge is 2.15. The van der Waals surface area contributed by atoms with Gasteiger partial charge in [-0.1, -0.05) is 29.8 Å². The van der Waals surface area contributed by atoms with E-state index in [0.29, 0.717) is 6.54 Å². The number of nitrogens with two attached hydrogens (primary N) is 1. The number of amides is 1. The van der Waals surface area contributed by atoms with Gasteiger partial charge in [0, 0.05) is 11.1 Å². The van der Waals surface area contributed by atoms with Crippen molar-refractivity contribution in [1.82, 2.24) is 10.3 Å². The number of carbonyl (C=O) groups is 1. The van der Waals surface area contributed by atoms with Crippen LogP contribution in [0, 0.1) is 0 Å². The topological polar surface area (TPSA) is 77.2 Å². The Morgan fingerprint density at radius 3 is 2.75 bits per heavy atom. The molecule has 0 aliphatic carbocycles. The molecule has 2 heterocycles. The molecular formula is C17H14ClN3O2S. The van der Waals surface area contributed by atoms with Crippen LogP contribution < -0.4 is 15.8 Å². The highest BCUT2D eigenvalue weighted by atomic mass is 35.5. The van der Waals surface area contributed by atoms with E-state index in [4.69, 9.17) is 22.1 Å². The second kappa shape index (κ2) is 7.33. The summed E-state index contributed by atoms with van der Waals surface area (Å²) in [4.78, 5) is 17.0. The van der Waals surface area contributed by atoms with E-state index in [9.17, 15) is 4.79 Å². The van der Waals surface area contributed by atoms with Gasteiger partial charge in [0.15, 0.2) is 5.06 Å². The number of hydrogen-bond donors (Lipinski definition) is 2. The molecule has 0 radical (unpaired) electrons. The van der Waals surface area contributed by atoms with Gasteiger partial charge in [-0.25, -0.2) is 4.98 Å². The number of halogens is 1. The molecule has 24 heavy (non-hydrogen) atoms. The molecule has 122 valence electrons. The second-order valence-corrected chi connectivity index (χ2v) is 6.41. The van der Waals surface area contributed by atoms with Gasteiger partial charge in [-0.3, -0.25) is 4.79 Å². The van der Waals surface area contributed by atoms with Crippen molar-refractivity contribution in [1.29, 1.82) is 0 Å². The summed E-state index contributed by atoms with van der Waals surface area (Å²) in [5.41, 5.74) is 5.90. The number of hydrogen-bond acceptors (Lipinski definition) is 5. The quantitative estimate of drug-likeness (QED) is 0.719. The molecule has 3 rings (SSSR count). The monoisotopic (exact) mass is 359 g/mol. The maximum Gasteiger partial charge on any atom is 0.256 e. The Kier molecular flexibility index (Phi) is 4.98. The molecule has 0 bridgehead atoms. The van der Waals surface area contributed by atoms with Crippen LogP contribution in [-0.2, 0) is 6.54 Å². The lowest BCUT2D eigenvalue weighted by Gasteiger charge is -2.07. The first-order chi connectivity index (χ1) is 11.6. The van der Waals surface area contributed by atoms with Crippen molar-refractivity contribution < 1.29 is 9.53 Å². The van der Waals surface area contributed by atoms with Gasteiger partial charge in [-0.05, 0) is 30.3 Å². The summed E-state index contributed by atoms with van der Waals surface area (Å²) in [5, 5.41) is 3.82. The highest BCUT2D eigenvalue weighted by Crippen LogP contribution is 2.29. The Labute approximate surface area is 148 Å². The van der Waals surface area contributed by atoms with Gasteiger partial charge in [0.1, 0.15) is 17.1 Å². The predicted molar refractivity (Wildman–Crippen MR) is 95.7 cm³/mol. The number of benzene rings is 1. The van der Waals surface area contributed by atoms with Gasteiger partial charge in [0.25, 0.3) is 5.91 Å². The summed E-state index contributed by atoms with van der Waals surface area (Å²) in [6.45, 7) is 0.353. The molecule has 7 heteroatoms. The molecule has 0 saturated heterocycles. The Morgan fingerprint density at radius 1 is 1.21 bits per heavy atom. The largest absolute Gasteiger partial charge is 0.447 e. The van der Waals surface area contributed by atoms with Crippen LogP contribution in [0.15, 0.2) is 54.7 Å². The zero-order valence-electron chi connectivity index (χ0n) is 12.5. The van der Waals surface area contributed by atoms with Crippen LogP contribution in [0.3, 0.4) is 0 Å². The number of nitrogens with one attached hydrogen (secondary N) is 1. The summed E-state index contributed by atoms with van der Waals surface area (Å²) in [7, 11) is 0. The number of aromatic nitrogens is 1. The normalized spacial score (nSPS) is 10.4. The predicted octanol–water partition coefficient (Wildman–Crippen LogP) is 4.10. The molecule has 0 unspecified atom stereocenters. The van der Waals surface area contributed by atoms with Crippen molar-refractivity contribution in [2.45, 2.75) is 6.54 Å². The molecule has 0 aliphatic heterocycles. The minimum Gasteiger partial charge on any atom is -0.447 e. The highest BCUT2D eigenvalue weighted by molar-refractivity contribution is 7.13. The average molecular weight is 360 g/mol. The van der Waals surface area contributed by atoms with Gasteiger partial charge < -0.3 is 15.8 Å². The van der Waals surface area contributed by atoms with E-state index in [1.54, 1.807) is 0 Å². The van der Waals surface area contributed by atoms with Gasteiger partial charge in [-0.15, -0.1) is 11.3 Å². The number of para-hydroxylation sites is 1. The summed E-state index contributed by atoms with van der Waals surface area (Å²) in [6.07, 6.45) is 1.46. The van der Waals surface area contributed by atoms with Crippen molar-refractivity contribution in [3.63, 3.8) is 0 Å². The molecule has 0 atom stereocenters. The smallest absolute Gasteiger partial charge is 0.256 e. The molecule has 0 aliphatic rings. The number of thiophene rings is 1. The molecule has 3 aromatic rings. The Hall–Kier alpha value is -2.57. The van der Waals surface area contributed by atoms with Gasteiger partial charge >= 0.3 is 0 Å². The fourth-order valence-corrected chi connectivity index (χ4v) is 3.10. The van der Waals surface area contributed by atoms with Gasteiger partial charge in [-0.2, -0.15) is 0 Å². The zero-order chi connectivity index (χ0) is 16.9. The van der Waals surface area contributed by atoms with Crippen LogP contribution in [0.4, 0.5) is 5.82 Å². The van der Waals surface area contributed by atoms with Crippen LogP contribution in [-0.4, -0.2) is 10.9 Å². The third-order valence-corrected chi connectivity index (χ3v) is 4.46. The summed E-state index contributed by atoms with van der Waals surface area (Å²) in [6, 6.07) is 14.8. The Morgan fingerprint density at radius 2 is 2.00 bits per heavy atom. The molecule has 3 N–H and O–H groups in total. The van der Waals surface area contributed by atoms with E-state index in [0.717, 1.165) is 15.7 Å². The molecule has 5 nitrogen and oxygen atoms in total. The van der Waals surface area contributed by atoms with Crippen molar-refractivity contribution >= 4 is 34.7 Å². The first-order valence-corrected chi connectivity index (χ1v) is 8.33. The van der Waals surface area contributed by atoms with E-state index in [2.05, 4.69) is 10.3 Å². The zero-order valence-corrected chi connectivity index (χ0v) is 14.1. The summed E-state index contributed by atoms with van der Waals surface area (Å²) < 4.78 is 5.74. The molecule has 0 fully saturated rings. The number of carbonyl (C=O) groups excluding carboxylic acids is 1. The number of ether oxygens (including phenoxy) is 1. The third-order valence-electron chi connectivity index (χ3n) is 3.18. The van der Waals surface area contributed by atoms with Crippen molar-refractivity contribution in [3.8, 4) is 10.8 Å². The summed E-state index contributed by atoms with van der Waals surface area (Å²) >= 11 is 7.46. The van der Waals surface area contributed by atoms with Crippen molar-refractivity contribution in [2.75, 3.05) is 5.73 Å². The van der Waals surface area contributed by atoms with Crippen molar-refractivity contribution in [3.05, 3.63) is 70.2 Å². The number of anilines is 1.